The van der Waals surface area contributed by atoms with E-state index in [0.29, 0.717) is 13.2 Å². The molecule has 0 saturated carbocycles. The zero-order valence-corrected chi connectivity index (χ0v) is 12.3. The number of nitrogen functional groups attached to an aromatic ring is 1. The highest BCUT2D eigenvalue weighted by Crippen LogP contribution is 2.12. The van der Waals surface area contributed by atoms with Crippen LogP contribution in [0.4, 0.5) is 5.82 Å². The Morgan fingerprint density at radius 2 is 1.95 bits per heavy atom. The Kier molecular flexibility index (Phi) is 5.37. The minimum absolute atomic E-state index is 0.259. The van der Waals surface area contributed by atoms with Crippen LogP contribution < -0.4 is 16.2 Å². The largest absolute Gasteiger partial charge is 0.494 e. The Morgan fingerprint density at radius 3 is 2.62 bits per heavy atom. The Morgan fingerprint density at radius 1 is 1.19 bits per heavy atom. The summed E-state index contributed by atoms with van der Waals surface area (Å²) in [7, 11) is 0. The fourth-order valence-corrected chi connectivity index (χ4v) is 2.01. The molecule has 0 aliphatic carbocycles. The highest BCUT2D eigenvalue weighted by atomic mass is 16.5. The highest BCUT2D eigenvalue weighted by molar-refractivity contribution is 5.27. The van der Waals surface area contributed by atoms with E-state index in [0.717, 1.165) is 25.0 Å². The monoisotopic (exact) mass is 287 g/mol. The summed E-state index contributed by atoms with van der Waals surface area (Å²) >= 11 is 0. The van der Waals surface area contributed by atoms with E-state index in [4.69, 9.17) is 10.5 Å². The summed E-state index contributed by atoms with van der Waals surface area (Å²) in [6.45, 7) is 3.40. The van der Waals surface area contributed by atoms with Gasteiger partial charge < -0.3 is 10.5 Å². The van der Waals surface area contributed by atoms with Crippen LogP contribution in [0.5, 0.6) is 5.75 Å². The molecule has 0 spiro atoms. The number of aryl methyl sites for hydroxylation is 2. The van der Waals surface area contributed by atoms with E-state index in [9.17, 15) is 4.79 Å². The van der Waals surface area contributed by atoms with Crippen molar-refractivity contribution < 1.29 is 4.74 Å². The van der Waals surface area contributed by atoms with Gasteiger partial charge >= 0.3 is 5.69 Å². The number of ether oxygens (including phenoxy) is 1. The summed E-state index contributed by atoms with van der Waals surface area (Å²) in [4.78, 5) is 15.2. The molecule has 0 saturated heterocycles. The minimum atomic E-state index is -0.300. The minimum Gasteiger partial charge on any atom is -0.494 e. The van der Waals surface area contributed by atoms with E-state index >= 15 is 0 Å². The number of anilines is 1. The molecule has 21 heavy (non-hydrogen) atoms. The predicted molar refractivity (Wildman–Crippen MR) is 83.5 cm³/mol. The number of nitrogens with zero attached hydrogens (tertiary/aromatic N) is 2. The van der Waals surface area contributed by atoms with Gasteiger partial charge in [-0.15, -0.1) is 0 Å². The van der Waals surface area contributed by atoms with Crippen molar-refractivity contribution in [3.63, 3.8) is 0 Å². The molecule has 112 valence electrons. The topological polar surface area (TPSA) is 70.1 Å². The van der Waals surface area contributed by atoms with Crippen molar-refractivity contribution in [1.29, 1.82) is 0 Å². The second-order valence-corrected chi connectivity index (χ2v) is 4.88. The van der Waals surface area contributed by atoms with E-state index in [-0.39, 0.29) is 11.5 Å². The smallest absolute Gasteiger partial charge is 0.349 e. The lowest BCUT2D eigenvalue weighted by atomic mass is 10.2. The van der Waals surface area contributed by atoms with Gasteiger partial charge in [0.1, 0.15) is 11.6 Å². The quantitative estimate of drug-likeness (QED) is 0.793. The number of unbranched alkanes of at least 4 members (excludes halogenated alkanes) is 1. The fraction of sp³-hybridized carbons (Fsp3) is 0.375. The molecule has 5 heteroatoms. The van der Waals surface area contributed by atoms with E-state index in [1.807, 2.05) is 12.1 Å². The Bertz CT molecular complexity index is 620. The van der Waals surface area contributed by atoms with Crippen LogP contribution >= 0.6 is 0 Å². The van der Waals surface area contributed by atoms with Crippen molar-refractivity contribution in [2.45, 2.75) is 32.7 Å². The lowest BCUT2D eigenvalue weighted by Crippen LogP contribution is -2.23. The summed E-state index contributed by atoms with van der Waals surface area (Å²) in [5.74, 6) is 1.15. The molecule has 1 aromatic heterocycles. The third-order valence-corrected chi connectivity index (χ3v) is 3.29. The standard InChI is InChI=1S/C16H21N3O2/c1-2-13-5-7-14(8-6-13)21-12-4-3-10-19-11-9-15(17)18-16(19)20/h5-9,11H,2-4,10,12H2,1H3,(H2,17,18,20). The van der Waals surface area contributed by atoms with Crippen LogP contribution in [-0.2, 0) is 13.0 Å². The second-order valence-electron chi connectivity index (χ2n) is 4.88. The Balaban J connectivity index is 1.71. The number of hydrogen-bond donors (Lipinski definition) is 1. The summed E-state index contributed by atoms with van der Waals surface area (Å²) < 4.78 is 7.23. The number of rotatable bonds is 7. The first-order valence-electron chi connectivity index (χ1n) is 7.23. The zero-order chi connectivity index (χ0) is 15.1. The van der Waals surface area contributed by atoms with Gasteiger partial charge in [-0.25, -0.2) is 4.79 Å². The average Bonchev–Trinajstić information content (AvgIpc) is 2.49. The van der Waals surface area contributed by atoms with Crippen LogP contribution in [-0.4, -0.2) is 16.2 Å². The summed E-state index contributed by atoms with van der Waals surface area (Å²) in [6, 6.07) is 9.78. The van der Waals surface area contributed by atoms with Crippen molar-refractivity contribution in [1.82, 2.24) is 9.55 Å². The van der Waals surface area contributed by atoms with E-state index < -0.39 is 0 Å². The average molecular weight is 287 g/mol. The Hall–Kier alpha value is -2.30. The van der Waals surface area contributed by atoms with Crippen LogP contribution in [0.3, 0.4) is 0 Å². The molecule has 5 nitrogen and oxygen atoms in total. The number of nitrogens with two attached hydrogens (primary N) is 1. The molecule has 0 amide bonds. The third-order valence-electron chi connectivity index (χ3n) is 3.29. The van der Waals surface area contributed by atoms with Crippen molar-refractivity contribution >= 4 is 5.82 Å². The first-order chi connectivity index (χ1) is 10.2. The first-order valence-corrected chi connectivity index (χ1v) is 7.23. The lowest BCUT2D eigenvalue weighted by Gasteiger charge is -2.08. The summed E-state index contributed by atoms with van der Waals surface area (Å²) in [5, 5.41) is 0. The second kappa shape index (κ2) is 7.47. The molecule has 2 N–H and O–H groups in total. The molecule has 0 aliphatic rings. The number of benzene rings is 1. The van der Waals surface area contributed by atoms with Gasteiger partial charge in [-0.2, -0.15) is 4.98 Å². The van der Waals surface area contributed by atoms with Gasteiger partial charge in [-0.3, -0.25) is 4.57 Å². The first kappa shape index (κ1) is 15.1. The maximum absolute atomic E-state index is 11.5. The van der Waals surface area contributed by atoms with Crippen LogP contribution in [0.15, 0.2) is 41.3 Å². The highest BCUT2D eigenvalue weighted by Gasteiger charge is 1.99. The van der Waals surface area contributed by atoms with Gasteiger partial charge in [0.15, 0.2) is 0 Å². The number of hydrogen-bond acceptors (Lipinski definition) is 4. The van der Waals surface area contributed by atoms with E-state index in [2.05, 4.69) is 24.0 Å². The third kappa shape index (κ3) is 4.63. The maximum atomic E-state index is 11.5. The molecule has 0 radical (unpaired) electrons. The van der Waals surface area contributed by atoms with Crippen LogP contribution in [0, 0.1) is 0 Å². The van der Waals surface area contributed by atoms with Gasteiger partial charge in [0.25, 0.3) is 0 Å². The van der Waals surface area contributed by atoms with Crippen molar-refractivity contribution in [2.75, 3.05) is 12.3 Å². The predicted octanol–water partition coefficient (Wildman–Crippen LogP) is 2.25. The molecule has 2 aromatic rings. The van der Waals surface area contributed by atoms with Gasteiger partial charge in [-0.05, 0) is 43.0 Å². The number of aromatic nitrogens is 2. The Labute approximate surface area is 124 Å². The fourth-order valence-electron chi connectivity index (χ4n) is 2.01. The SMILES string of the molecule is CCc1ccc(OCCCCn2ccc(N)nc2=O)cc1. The molecule has 0 unspecified atom stereocenters. The maximum Gasteiger partial charge on any atom is 0.349 e. The van der Waals surface area contributed by atoms with E-state index in [1.165, 1.54) is 5.56 Å². The molecular formula is C16H21N3O2. The van der Waals surface area contributed by atoms with Crippen LogP contribution in [0.2, 0.25) is 0 Å². The van der Waals surface area contributed by atoms with Crippen molar-refractivity contribution in [3.8, 4) is 5.75 Å². The molecule has 0 fully saturated rings. The summed E-state index contributed by atoms with van der Waals surface area (Å²) in [5.41, 5.74) is 6.45. The molecule has 2 rings (SSSR count). The van der Waals surface area contributed by atoms with Gasteiger partial charge in [0.2, 0.25) is 0 Å². The van der Waals surface area contributed by atoms with Crippen LogP contribution in [0.1, 0.15) is 25.3 Å². The van der Waals surface area contributed by atoms with Crippen molar-refractivity contribution in [3.05, 3.63) is 52.6 Å². The van der Waals surface area contributed by atoms with Gasteiger partial charge in [0.05, 0.1) is 6.61 Å². The lowest BCUT2D eigenvalue weighted by molar-refractivity contribution is 0.302. The van der Waals surface area contributed by atoms with Crippen LogP contribution in [0.25, 0.3) is 0 Å². The van der Waals surface area contributed by atoms with E-state index in [1.54, 1.807) is 16.8 Å². The van der Waals surface area contributed by atoms with Gasteiger partial charge in [0, 0.05) is 12.7 Å². The molecule has 0 bridgehead atoms. The normalized spacial score (nSPS) is 10.5. The molecular weight excluding hydrogens is 266 g/mol. The molecule has 1 aromatic carbocycles. The molecule has 1 heterocycles. The van der Waals surface area contributed by atoms with Gasteiger partial charge in [-0.1, -0.05) is 19.1 Å². The van der Waals surface area contributed by atoms with Crippen molar-refractivity contribution in [2.24, 2.45) is 0 Å². The zero-order valence-electron chi connectivity index (χ0n) is 12.3. The summed E-state index contributed by atoms with van der Waals surface area (Å²) in [6.07, 6.45) is 4.45. The molecule has 0 aliphatic heterocycles. The molecule has 0 atom stereocenters.